The van der Waals surface area contributed by atoms with Crippen molar-refractivity contribution in [1.29, 1.82) is 0 Å². The molecule has 0 atom stereocenters. The molecule has 0 saturated carbocycles. The van der Waals surface area contributed by atoms with Gasteiger partial charge in [0, 0.05) is 6.07 Å². The number of hydrogen-bond donors (Lipinski definition) is 1. The smallest absolute Gasteiger partial charge is 0.162 e. The molecule has 0 aliphatic rings. The third kappa shape index (κ3) is 3.29. The van der Waals surface area contributed by atoms with Gasteiger partial charge in [0.25, 0.3) is 0 Å². The summed E-state index contributed by atoms with van der Waals surface area (Å²) >= 11 is 5.99. The Balaban J connectivity index is 2.98. The predicted molar refractivity (Wildman–Crippen MR) is 64.3 cm³/mol. The molecular formula is C12H17ClO3. The molecule has 0 heterocycles. The van der Waals surface area contributed by atoms with Gasteiger partial charge in [0.05, 0.1) is 24.8 Å². The summed E-state index contributed by atoms with van der Waals surface area (Å²) < 4.78 is 11.0. The monoisotopic (exact) mass is 244 g/mol. The van der Waals surface area contributed by atoms with Crippen LogP contribution >= 0.6 is 11.6 Å². The molecule has 1 rings (SSSR count). The van der Waals surface area contributed by atoms with E-state index in [0.717, 1.165) is 6.42 Å². The minimum atomic E-state index is -0.104. The fraction of sp³-hybridized carbons (Fsp3) is 0.500. The van der Waals surface area contributed by atoms with E-state index in [2.05, 4.69) is 0 Å². The molecule has 3 nitrogen and oxygen atoms in total. The van der Waals surface area contributed by atoms with Crippen LogP contribution in [-0.2, 0) is 6.61 Å². The third-order valence-electron chi connectivity index (χ3n) is 2.04. The topological polar surface area (TPSA) is 38.7 Å². The van der Waals surface area contributed by atoms with Crippen LogP contribution in [0.25, 0.3) is 0 Å². The first-order valence-corrected chi connectivity index (χ1v) is 5.79. The van der Waals surface area contributed by atoms with Gasteiger partial charge in [-0.3, -0.25) is 0 Å². The molecular weight excluding hydrogens is 228 g/mol. The van der Waals surface area contributed by atoms with E-state index in [1.54, 1.807) is 12.1 Å². The first-order valence-electron chi connectivity index (χ1n) is 5.41. The Labute approximate surface area is 101 Å². The molecule has 1 aromatic rings. The normalized spacial score (nSPS) is 10.2. The van der Waals surface area contributed by atoms with Gasteiger partial charge in [0.15, 0.2) is 11.5 Å². The second-order valence-corrected chi connectivity index (χ2v) is 3.74. The van der Waals surface area contributed by atoms with E-state index in [-0.39, 0.29) is 6.61 Å². The van der Waals surface area contributed by atoms with Crippen molar-refractivity contribution in [3.63, 3.8) is 0 Å². The molecule has 4 heteroatoms. The summed E-state index contributed by atoms with van der Waals surface area (Å²) in [6.45, 7) is 5.00. The summed E-state index contributed by atoms with van der Waals surface area (Å²) in [4.78, 5) is 0. The third-order valence-corrected chi connectivity index (χ3v) is 2.40. The van der Waals surface area contributed by atoms with Crippen LogP contribution in [0.3, 0.4) is 0 Å². The van der Waals surface area contributed by atoms with Crippen LogP contribution in [0.2, 0.25) is 5.02 Å². The maximum absolute atomic E-state index is 9.10. The lowest BCUT2D eigenvalue weighted by molar-refractivity contribution is 0.269. The van der Waals surface area contributed by atoms with E-state index in [9.17, 15) is 0 Å². The Morgan fingerprint density at radius 2 is 1.88 bits per heavy atom. The zero-order chi connectivity index (χ0) is 12.0. The lowest BCUT2D eigenvalue weighted by Gasteiger charge is -2.13. The lowest BCUT2D eigenvalue weighted by atomic mass is 10.2. The summed E-state index contributed by atoms with van der Waals surface area (Å²) in [6, 6.07) is 3.41. The second-order valence-electron chi connectivity index (χ2n) is 3.33. The fourth-order valence-corrected chi connectivity index (χ4v) is 1.50. The highest BCUT2D eigenvalue weighted by molar-refractivity contribution is 6.31. The van der Waals surface area contributed by atoms with Crippen molar-refractivity contribution >= 4 is 11.6 Å². The van der Waals surface area contributed by atoms with Crippen molar-refractivity contribution in [2.24, 2.45) is 0 Å². The van der Waals surface area contributed by atoms with E-state index >= 15 is 0 Å². The molecule has 90 valence electrons. The van der Waals surface area contributed by atoms with E-state index in [4.69, 9.17) is 26.2 Å². The zero-order valence-corrected chi connectivity index (χ0v) is 10.4. The Kier molecular flexibility index (Phi) is 5.43. The molecule has 0 saturated heterocycles. The largest absolute Gasteiger partial charge is 0.490 e. The van der Waals surface area contributed by atoms with Gasteiger partial charge in [0.2, 0.25) is 0 Å². The number of benzene rings is 1. The van der Waals surface area contributed by atoms with E-state index < -0.39 is 0 Å². The van der Waals surface area contributed by atoms with Crippen molar-refractivity contribution in [2.45, 2.75) is 26.9 Å². The molecule has 0 amide bonds. The van der Waals surface area contributed by atoms with Gasteiger partial charge in [-0.2, -0.15) is 0 Å². The van der Waals surface area contributed by atoms with Crippen LogP contribution in [-0.4, -0.2) is 18.3 Å². The molecule has 0 aliphatic carbocycles. The van der Waals surface area contributed by atoms with Gasteiger partial charge < -0.3 is 14.6 Å². The van der Waals surface area contributed by atoms with Crippen LogP contribution in [0.5, 0.6) is 11.5 Å². The maximum atomic E-state index is 9.10. The molecule has 16 heavy (non-hydrogen) atoms. The molecule has 0 unspecified atom stereocenters. The minimum absolute atomic E-state index is 0.104. The highest BCUT2D eigenvalue weighted by Gasteiger charge is 2.10. The molecule has 1 N–H and O–H groups in total. The Morgan fingerprint density at radius 3 is 2.44 bits per heavy atom. The van der Waals surface area contributed by atoms with E-state index in [1.165, 1.54) is 0 Å². The molecule has 0 spiro atoms. The van der Waals surface area contributed by atoms with Crippen LogP contribution in [0.15, 0.2) is 12.1 Å². The summed E-state index contributed by atoms with van der Waals surface area (Å²) in [5, 5.41) is 9.59. The molecule has 0 bridgehead atoms. The first kappa shape index (κ1) is 13.1. The van der Waals surface area contributed by atoms with Crippen molar-refractivity contribution in [2.75, 3.05) is 13.2 Å². The average molecular weight is 245 g/mol. The Hall–Kier alpha value is -0.930. The predicted octanol–water partition coefficient (Wildman–Crippen LogP) is 3.02. The number of aliphatic hydroxyl groups excluding tert-OH is 1. The second kappa shape index (κ2) is 6.61. The van der Waals surface area contributed by atoms with Gasteiger partial charge in [-0.1, -0.05) is 18.5 Å². The quantitative estimate of drug-likeness (QED) is 0.836. The van der Waals surface area contributed by atoms with Gasteiger partial charge in [-0.05, 0) is 25.0 Å². The summed E-state index contributed by atoms with van der Waals surface area (Å²) in [6.07, 6.45) is 0.922. The summed E-state index contributed by atoms with van der Waals surface area (Å²) in [7, 11) is 0. The molecule has 0 aliphatic heterocycles. The molecule has 1 aromatic carbocycles. The average Bonchev–Trinajstić information content (AvgIpc) is 2.29. The van der Waals surface area contributed by atoms with Gasteiger partial charge >= 0.3 is 0 Å². The van der Waals surface area contributed by atoms with Crippen molar-refractivity contribution in [3.05, 3.63) is 22.7 Å². The van der Waals surface area contributed by atoms with Crippen LogP contribution in [0.1, 0.15) is 25.8 Å². The molecule has 0 aromatic heterocycles. The van der Waals surface area contributed by atoms with E-state index in [0.29, 0.717) is 35.3 Å². The van der Waals surface area contributed by atoms with Gasteiger partial charge in [0.1, 0.15) is 0 Å². The van der Waals surface area contributed by atoms with Crippen LogP contribution in [0, 0.1) is 0 Å². The van der Waals surface area contributed by atoms with E-state index in [1.807, 2.05) is 13.8 Å². The highest BCUT2D eigenvalue weighted by atomic mass is 35.5. The Bertz CT molecular complexity index is 339. The fourth-order valence-electron chi connectivity index (χ4n) is 1.29. The zero-order valence-electron chi connectivity index (χ0n) is 9.62. The number of hydrogen-bond acceptors (Lipinski definition) is 3. The number of aliphatic hydroxyl groups is 1. The number of ether oxygens (including phenoxy) is 2. The number of rotatable bonds is 6. The minimum Gasteiger partial charge on any atom is -0.490 e. The van der Waals surface area contributed by atoms with Crippen molar-refractivity contribution in [1.82, 2.24) is 0 Å². The summed E-state index contributed by atoms with van der Waals surface area (Å²) in [5.74, 6) is 1.26. The summed E-state index contributed by atoms with van der Waals surface area (Å²) in [5.41, 5.74) is 0.647. The van der Waals surface area contributed by atoms with Crippen LogP contribution in [0.4, 0.5) is 0 Å². The SMILES string of the molecule is CCCOc1cc(Cl)c(CO)cc1OCC. The van der Waals surface area contributed by atoms with Crippen LogP contribution < -0.4 is 9.47 Å². The highest BCUT2D eigenvalue weighted by Crippen LogP contribution is 2.33. The van der Waals surface area contributed by atoms with Crippen molar-refractivity contribution < 1.29 is 14.6 Å². The van der Waals surface area contributed by atoms with Crippen molar-refractivity contribution in [3.8, 4) is 11.5 Å². The van der Waals surface area contributed by atoms with Gasteiger partial charge in [-0.15, -0.1) is 0 Å². The molecule has 0 fully saturated rings. The standard InChI is InChI=1S/C12H17ClO3/c1-3-5-16-12-7-10(13)9(8-14)6-11(12)15-4-2/h6-7,14H,3-5,8H2,1-2H3. The lowest BCUT2D eigenvalue weighted by Crippen LogP contribution is -2.01. The van der Waals surface area contributed by atoms with Gasteiger partial charge in [-0.25, -0.2) is 0 Å². The number of halogens is 1. The first-order chi connectivity index (χ1) is 7.72. The Morgan fingerprint density at radius 1 is 1.19 bits per heavy atom. The molecule has 0 radical (unpaired) electrons. The maximum Gasteiger partial charge on any atom is 0.162 e.